The van der Waals surface area contributed by atoms with Crippen LogP contribution in [0.5, 0.6) is 0 Å². The maximum absolute atomic E-state index is 11.4. The van der Waals surface area contributed by atoms with Gasteiger partial charge in [0.25, 0.3) is 0 Å². The van der Waals surface area contributed by atoms with Crippen LogP contribution in [0.4, 0.5) is 26.3 Å². The van der Waals surface area contributed by atoms with Gasteiger partial charge in [-0.25, -0.2) is 16.8 Å². The number of halogens is 6. The molecule has 0 aliphatic rings. The van der Waals surface area contributed by atoms with Crippen LogP contribution < -0.4 is 5.32 Å². The van der Waals surface area contributed by atoms with Crippen LogP contribution in [-0.2, 0) is 24.8 Å². The largest absolute Gasteiger partial charge is 0.480 e. The zero-order chi connectivity index (χ0) is 27.0. The summed E-state index contributed by atoms with van der Waals surface area (Å²) in [6.45, 7) is 7.41. The van der Waals surface area contributed by atoms with E-state index < -0.39 is 31.1 Å². The third-order valence-electron chi connectivity index (χ3n) is 4.51. The lowest BCUT2D eigenvalue weighted by atomic mass is 10.1. The highest BCUT2D eigenvalue weighted by atomic mass is 32.3. The van der Waals surface area contributed by atoms with E-state index in [0.717, 1.165) is 21.6 Å². The first-order valence-corrected chi connectivity index (χ1v) is 12.2. The molecule has 1 atom stereocenters. The Morgan fingerprint density at radius 3 is 1.85 bits per heavy atom. The Kier molecular flexibility index (Phi) is 11.2. The molecule has 1 N–H and O–H groups in total. The van der Waals surface area contributed by atoms with Crippen molar-refractivity contribution in [2.24, 2.45) is 0 Å². The molecule has 0 radical (unpaired) electrons. The Bertz CT molecular complexity index is 982. The van der Waals surface area contributed by atoms with Crippen molar-refractivity contribution in [2.75, 3.05) is 27.2 Å². The molecule has 0 spiro atoms. The number of carbonyl (C=O) groups excluding carboxylic acids is 1. The van der Waals surface area contributed by atoms with Gasteiger partial charge in [0.05, 0.1) is 20.6 Å². The minimum Gasteiger partial charge on any atom is -0.421 e. The normalized spacial score (nSPS) is 13.9. The topological polar surface area (TPSA) is 111 Å². The van der Waals surface area contributed by atoms with E-state index in [1.165, 1.54) is 11.6 Å². The molecule has 0 fully saturated rings. The van der Waals surface area contributed by atoms with Crippen LogP contribution in [0.15, 0.2) is 43.0 Å². The monoisotopic (exact) mass is 541 g/mol. The van der Waals surface area contributed by atoms with Gasteiger partial charge in [-0.3, -0.25) is 4.79 Å². The molecule has 34 heavy (non-hydrogen) atoms. The van der Waals surface area contributed by atoms with Gasteiger partial charge in [0.2, 0.25) is 5.91 Å². The van der Waals surface area contributed by atoms with E-state index in [1.807, 2.05) is 6.07 Å². The Balaban J connectivity index is 0.000000661. The van der Waals surface area contributed by atoms with Gasteiger partial charge in [0.1, 0.15) is 6.04 Å². The number of quaternary nitrogens is 1. The molecule has 0 aromatic heterocycles. The van der Waals surface area contributed by atoms with Crippen LogP contribution >= 0.6 is 0 Å². The maximum Gasteiger partial charge on any atom is 0.480 e. The van der Waals surface area contributed by atoms with Crippen LogP contribution in [-0.4, -0.2) is 65.4 Å². The summed E-state index contributed by atoms with van der Waals surface area (Å²) in [5, 5.41) is 2.82. The maximum atomic E-state index is 11.4. The smallest absolute Gasteiger partial charge is 0.421 e. The lowest BCUT2D eigenvalue weighted by Gasteiger charge is -2.36. The number of amides is 1. The molecule has 16 heteroatoms. The van der Waals surface area contributed by atoms with Gasteiger partial charge in [0, 0.05) is 18.5 Å². The molecule has 8 nitrogen and oxygen atoms in total. The molecular formula is C18H25F6N3O5S2. The van der Waals surface area contributed by atoms with Crippen molar-refractivity contribution in [2.45, 2.75) is 30.4 Å². The van der Waals surface area contributed by atoms with Crippen LogP contribution in [0, 0.1) is 0 Å². The molecule has 1 amide bonds. The van der Waals surface area contributed by atoms with Gasteiger partial charge in [-0.1, -0.05) is 36.9 Å². The summed E-state index contributed by atoms with van der Waals surface area (Å²) in [7, 11) is -8.98. The number of rotatable bonds is 9. The second-order valence-electron chi connectivity index (χ2n) is 7.35. The van der Waals surface area contributed by atoms with Crippen LogP contribution in [0.3, 0.4) is 0 Å². The van der Waals surface area contributed by atoms with Gasteiger partial charge in [-0.05, 0) is 13.0 Å². The molecule has 1 aromatic rings. The summed E-state index contributed by atoms with van der Waals surface area (Å²) < 4.78 is 110. The van der Waals surface area contributed by atoms with Crippen molar-refractivity contribution < 1.29 is 52.5 Å². The number of nitrogens with zero attached hydrogens (tertiary/aromatic N) is 2. The van der Waals surface area contributed by atoms with Gasteiger partial charge in [-0.2, -0.15) is 26.3 Å². The number of hydrogen-bond acceptors (Lipinski definition) is 5. The fraction of sp³-hybridized carbons (Fsp3) is 0.500. The molecule has 0 saturated heterocycles. The Morgan fingerprint density at radius 2 is 1.47 bits per heavy atom. The van der Waals surface area contributed by atoms with Crippen LogP contribution in [0.25, 0.3) is 4.13 Å². The minimum atomic E-state index is -6.72. The molecule has 0 aliphatic heterocycles. The first kappa shape index (κ1) is 31.8. The van der Waals surface area contributed by atoms with E-state index in [9.17, 15) is 48.0 Å². The molecule has 1 aromatic carbocycles. The number of sulfonamides is 2. The SMILES string of the molecule is C=CC(=O)NCCC[N+](C)(C)C(C)c1ccccc1.O=S(=O)([N-]S(=O)(=O)C(F)(F)F)C(F)(F)F. The summed E-state index contributed by atoms with van der Waals surface area (Å²) in [6.07, 6.45) is 2.27. The second-order valence-corrected chi connectivity index (χ2v) is 10.8. The predicted molar refractivity (Wildman–Crippen MR) is 113 cm³/mol. The molecule has 196 valence electrons. The molecule has 1 rings (SSSR count). The summed E-state index contributed by atoms with van der Waals surface area (Å²) in [4.78, 5) is 11.1. The molecule has 0 heterocycles. The van der Waals surface area contributed by atoms with Gasteiger partial charge in [0.15, 0.2) is 20.0 Å². The summed E-state index contributed by atoms with van der Waals surface area (Å²) in [6, 6.07) is 11.0. The lowest BCUT2D eigenvalue weighted by Crippen LogP contribution is -2.43. The van der Waals surface area contributed by atoms with Crippen molar-refractivity contribution in [1.82, 2.24) is 5.32 Å². The molecular weight excluding hydrogens is 516 g/mol. The van der Waals surface area contributed by atoms with Crippen molar-refractivity contribution in [1.29, 1.82) is 0 Å². The fourth-order valence-corrected chi connectivity index (χ4v) is 4.02. The molecule has 0 bridgehead atoms. The quantitative estimate of drug-likeness (QED) is 0.222. The van der Waals surface area contributed by atoms with Crippen molar-refractivity contribution in [3.05, 3.63) is 52.7 Å². The summed E-state index contributed by atoms with van der Waals surface area (Å²) >= 11 is 0. The summed E-state index contributed by atoms with van der Waals surface area (Å²) in [5.41, 5.74) is -11.1. The molecule has 0 saturated carbocycles. The highest BCUT2D eigenvalue weighted by Gasteiger charge is 2.46. The lowest BCUT2D eigenvalue weighted by molar-refractivity contribution is -0.919. The third-order valence-corrected chi connectivity index (χ3v) is 7.25. The number of hydrogen-bond donors (Lipinski definition) is 1. The second kappa shape index (κ2) is 12.0. The highest BCUT2D eigenvalue weighted by Crippen LogP contribution is 2.36. The third kappa shape index (κ3) is 9.99. The average Bonchev–Trinajstić information content (AvgIpc) is 2.69. The number of carbonyl (C=O) groups is 1. The zero-order valence-electron chi connectivity index (χ0n) is 18.4. The minimum absolute atomic E-state index is 0.0959. The van der Waals surface area contributed by atoms with Gasteiger partial charge >= 0.3 is 11.0 Å². The van der Waals surface area contributed by atoms with Crippen molar-refractivity contribution in [3.8, 4) is 0 Å². The number of alkyl halides is 6. The standard InChI is InChI=1S/C16H24N2O.C2F6NO4S2/c1-5-16(19)17-12-9-13-18(3,4)14(2)15-10-7-6-8-11-15;3-1(4,5)14(10,11)9-15(12,13)2(6,7)8/h5-8,10-11,14H,1,9,12-13H2,2-4H3;/q;-1/p+1. The fourth-order valence-electron chi connectivity index (χ4n) is 2.31. The Labute approximate surface area is 194 Å². The Hall–Kier alpha value is -2.17. The van der Waals surface area contributed by atoms with Crippen molar-refractivity contribution >= 4 is 26.0 Å². The zero-order valence-corrected chi connectivity index (χ0v) is 20.0. The van der Waals surface area contributed by atoms with E-state index in [0.29, 0.717) is 12.6 Å². The first-order valence-electron chi connectivity index (χ1n) is 9.32. The van der Waals surface area contributed by atoms with E-state index >= 15 is 0 Å². The Morgan fingerprint density at radius 1 is 1.03 bits per heavy atom. The average molecular weight is 542 g/mol. The van der Waals surface area contributed by atoms with E-state index in [1.54, 1.807) is 0 Å². The van der Waals surface area contributed by atoms with E-state index in [4.69, 9.17) is 0 Å². The first-order chi connectivity index (χ1) is 15.2. The highest BCUT2D eigenvalue weighted by molar-refractivity contribution is 8.13. The van der Waals surface area contributed by atoms with Crippen LogP contribution in [0.2, 0.25) is 0 Å². The van der Waals surface area contributed by atoms with Crippen LogP contribution in [0.1, 0.15) is 24.9 Å². The van der Waals surface area contributed by atoms with Crippen molar-refractivity contribution in [3.63, 3.8) is 0 Å². The number of nitrogens with one attached hydrogen (secondary N) is 1. The number of benzene rings is 1. The van der Waals surface area contributed by atoms with Gasteiger partial charge in [-0.15, -0.1) is 0 Å². The summed E-state index contributed by atoms with van der Waals surface area (Å²) in [5.74, 6) is -0.0959. The van der Waals surface area contributed by atoms with Gasteiger partial charge < -0.3 is 13.9 Å². The van der Waals surface area contributed by atoms with E-state index in [2.05, 4.69) is 57.2 Å². The predicted octanol–water partition coefficient (Wildman–Crippen LogP) is 3.58. The molecule has 0 aliphatic carbocycles. The molecule has 1 unspecified atom stereocenters. The van der Waals surface area contributed by atoms with E-state index in [-0.39, 0.29) is 5.91 Å².